The summed E-state index contributed by atoms with van der Waals surface area (Å²) in [6, 6.07) is 20.1. The maximum Gasteiger partial charge on any atom is 0.222 e. The Morgan fingerprint density at radius 2 is 1.78 bits per heavy atom. The number of aromatic nitrogens is 2. The second-order valence-corrected chi connectivity index (χ2v) is 7.17. The Bertz CT molecular complexity index is 1190. The van der Waals surface area contributed by atoms with E-state index in [4.69, 9.17) is 16.3 Å². The Kier molecular flexibility index (Phi) is 3.63. The topological polar surface area (TPSA) is 99.1 Å². The molecule has 5 rings (SSSR count). The zero-order valence-corrected chi connectivity index (χ0v) is 15.0. The molecule has 0 fully saturated rings. The number of benzene rings is 3. The largest absolute Gasteiger partial charge is 0.454 e. The van der Waals surface area contributed by atoms with Gasteiger partial charge in [0, 0.05) is 10.9 Å². The van der Waals surface area contributed by atoms with Crippen LogP contribution in [0.2, 0.25) is 0 Å². The highest BCUT2D eigenvalue weighted by molar-refractivity contribution is 7.99. The fourth-order valence-corrected chi connectivity index (χ4v) is 4.18. The summed E-state index contributed by atoms with van der Waals surface area (Å²) in [6.07, 6.45) is 0. The number of nitrogen functional groups attached to an aromatic ring is 2. The molecule has 7 heteroatoms. The van der Waals surface area contributed by atoms with Crippen LogP contribution in [0.15, 0.2) is 70.5 Å². The lowest BCUT2D eigenvalue weighted by Gasteiger charge is -2.22. The van der Waals surface area contributed by atoms with E-state index in [1.54, 1.807) is 11.8 Å². The SMILES string of the molecule is NNc1nc(N)nc2ccc(-c3cccc4c3Oc3ccccc3S4)cc12. The van der Waals surface area contributed by atoms with E-state index in [0.717, 1.165) is 43.3 Å². The Balaban J connectivity index is 1.67. The first-order valence-electron chi connectivity index (χ1n) is 8.35. The van der Waals surface area contributed by atoms with Gasteiger partial charge in [-0.25, -0.2) is 10.8 Å². The second-order valence-electron chi connectivity index (χ2n) is 6.09. The number of nitrogens with two attached hydrogens (primary N) is 2. The van der Waals surface area contributed by atoms with E-state index in [1.807, 2.05) is 48.5 Å². The van der Waals surface area contributed by atoms with Crippen LogP contribution in [0.25, 0.3) is 22.0 Å². The predicted octanol–water partition coefficient (Wildman–Crippen LogP) is 4.42. The third-order valence-electron chi connectivity index (χ3n) is 4.42. The minimum Gasteiger partial charge on any atom is -0.454 e. The van der Waals surface area contributed by atoms with Crippen molar-refractivity contribution in [2.45, 2.75) is 9.79 Å². The normalized spacial score (nSPS) is 12.2. The van der Waals surface area contributed by atoms with E-state index in [9.17, 15) is 0 Å². The highest BCUT2D eigenvalue weighted by Crippen LogP contribution is 2.50. The molecule has 3 aromatic carbocycles. The van der Waals surface area contributed by atoms with Gasteiger partial charge in [0.25, 0.3) is 0 Å². The van der Waals surface area contributed by atoms with Crippen molar-refractivity contribution in [3.05, 3.63) is 60.7 Å². The van der Waals surface area contributed by atoms with Crippen molar-refractivity contribution in [1.29, 1.82) is 0 Å². The fourth-order valence-electron chi connectivity index (χ4n) is 3.20. The maximum atomic E-state index is 6.24. The van der Waals surface area contributed by atoms with Crippen molar-refractivity contribution in [1.82, 2.24) is 9.97 Å². The highest BCUT2D eigenvalue weighted by Gasteiger charge is 2.21. The van der Waals surface area contributed by atoms with Gasteiger partial charge in [0.1, 0.15) is 11.5 Å². The van der Waals surface area contributed by atoms with Gasteiger partial charge >= 0.3 is 0 Å². The first kappa shape index (κ1) is 15.9. The van der Waals surface area contributed by atoms with Crippen molar-refractivity contribution in [3.8, 4) is 22.6 Å². The number of hydrazine groups is 1. The van der Waals surface area contributed by atoms with Crippen LogP contribution >= 0.6 is 11.8 Å². The molecule has 0 saturated heterocycles. The molecular formula is C20H15N5OS. The molecule has 1 aliphatic rings. The van der Waals surface area contributed by atoms with Crippen molar-refractivity contribution in [2.75, 3.05) is 11.2 Å². The van der Waals surface area contributed by atoms with Crippen LogP contribution in [0.3, 0.4) is 0 Å². The van der Waals surface area contributed by atoms with Crippen LogP contribution in [-0.2, 0) is 0 Å². The average molecular weight is 373 g/mol. The van der Waals surface area contributed by atoms with E-state index in [1.165, 1.54) is 0 Å². The summed E-state index contributed by atoms with van der Waals surface area (Å²) >= 11 is 1.71. The lowest BCUT2D eigenvalue weighted by atomic mass is 10.0. The molecule has 1 aromatic heterocycles. The lowest BCUT2D eigenvalue weighted by Crippen LogP contribution is -2.11. The number of hydrogen-bond donors (Lipinski definition) is 3. The molecule has 0 bridgehead atoms. The van der Waals surface area contributed by atoms with Crippen LogP contribution in [0.1, 0.15) is 0 Å². The van der Waals surface area contributed by atoms with Crippen molar-refractivity contribution < 1.29 is 4.74 Å². The van der Waals surface area contributed by atoms with Crippen molar-refractivity contribution >= 4 is 34.4 Å². The van der Waals surface area contributed by atoms with Gasteiger partial charge in [-0.2, -0.15) is 4.98 Å². The first-order valence-corrected chi connectivity index (χ1v) is 9.16. The monoisotopic (exact) mass is 373 g/mol. The van der Waals surface area contributed by atoms with Gasteiger partial charge in [0.2, 0.25) is 5.95 Å². The standard InChI is InChI=1S/C20H15N5OS/c21-20-23-14-9-8-11(10-13(14)19(24-20)25-22)12-4-3-7-17-18(12)26-15-5-1-2-6-16(15)27-17/h1-10H,22H2,(H3,21,23,24,25). The molecule has 27 heavy (non-hydrogen) atoms. The lowest BCUT2D eigenvalue weighted by molar-refractivity contribution is 0.456. The number of nitrogens with one attached hydrogen (secondary N) is 1. The molecule has 0 spiro atoms. The van der Waals surface area contributed by atoms with Gasteiger partial charge in [0.05, 0.1) is 15.3 Å². The Hall–Kier alpha value is -3.29. The summed E-state index contributed by atoms with van der Waals surface area (Å²) in [7, 11) is 0. The summed E-state index contributed by atoms with van der Waals surface area (Å²) in [4.78, 5) is 10.6. The van der Waals surface area contributed by atoms with Crippen LogP contribution in [0.4, 0.5) is 11.8 Å². The Labute approximate surface area is 159 Å². The zero-order chi connectivity index (χ0) is 18.4. The van der Waals surface area contributed by atoms with E-state index < -0.39 is 0 Å². The van der Waals surface area contributed by atoms with Gasteiger partial charge in [-0.3, -0.25) is 0 Å². The summed E-state index contributed by atoms with van der Waals surface area (Å²) in [6.45, 7) is 0. The highest BCUT2D eigenvalue weighted by atomic mass is 32.2. The van der Waals surface area contributed by atoms with Crippen molar-refractivity contribution in [2.24, 2.45) is 5.84 Å². The molecule has 2 heterocycles. The molecule has 132 valence electrons. The number of anilines is 2. The molecule has 0 amide bonds. The van der Waals surface area contributed by atoms with E-state index in [-0.39, 0.29) is 5.95 Å². The molecule has 0 atom stereocenters. The van der Waals surface area contributed by atoms with Gasteiger partial charge < -0.3 is 15.9 Å². The summed E-state index contributed by atoms with van der Waals surface area (Å²) in [5.41, 5.74) is 11.1. The maximum absolute atomic E-state index is 6.24. The molecular weight excluding hydrogens is 358 g/mol. The summed E-state index contributed by atoms with van der Waals surface area (Å²) in [5.74, 6) is 7.99. The van der Waals surface area contributed by atoms with Crippen LogP contribution in [0, 0.1) is 0 Å². The summed E-state index contributed by atoms with van der Waals surface area (Å²) < 4.78 is 6.24. The van der Waals surface area contributed by atoms with E-state index in [2.05, 4.69) is 27.5 Å². The number of rotatable bonds is 2. The average Bonchev–Trinajstić information content (AvgIpc) is 2.70. The zero-order valence-electron chi connectivity index (χ0n) is 14.1. The fraction of sp³-hybridized carbons (Fsp3) is 0. The van der Waals surface area contributed by atoms with E-state index in [0.29, 0.717) is 5.82 Å². The minimum absolute atomic E-state index is 0.177. The summed E-state index contributed by atoms with van der Waals surface area (Å²) in [5, 5.41) is 0.797. The van der Waals surface area contributed by atoms with Gasteiger partial charge in [-0.05, 0) is 35.9 Å². The molecule has 0 aliphatic carbocycles. The number of para-hydroxylation sites is 2. The van der Waals surface area contributed by atoms with Crippen LogP contribution in [0.5, 0.6) is 11.5 Å². The van der Waals surface area contributed by atoms with Gasteiger partial charge in [-0.15, -0.1) is 0 Å². The first-order chi connectivity index (χ1) is 13.2. The predicted molar refractivity (Wildman–Crippen MR) is 108 cm³/mol. The van der Waals surface area contributed by atoms with Gasteiger partial charge in [0.15, 0.2) is 5.82 Å². The molecule has 0 unspecified atom stereocenters. The number of fused-ring (bicyclic) bond motifs is 3. The van der Waals surface area contributed by atoms with Crippen LogP contribution in [-0.4, -0.2) is 9.97 Å². The third kappa shape index (κ3) is 2.64. The molecule has 5 N–H and O–H groups in total. The molecule has 1 aliphatic heterocycles. The molecule has 6 nitrogen and oxygen atoms in total. The third-order valence-corrected chi connectivity index (χ3v) is 5.52. The second kappa shape index (κ2) is 6.15. The quantitative estimate of drug-likeness (QED) is 0.311. The Morgan fingerprint density at radius 3 is 2.67 bits per heavy atom. The van der Waals surface area contributed by atoms with Crippen LogP contribution < -0.4 is 21.7 Å². The molecule has 0 radical (unpaired) electrons. The number of ether oxygens (including phenoxy) is 1. The minimum atomic E-state index is 0.177. The smallest absolute Gasteiger partial charge is 0.222 e. The van der Waals surface area contributed by atoms with E-state index >= 15 is 0 Å². The molecule has 0 saturated carbocycles. The number of hydrogen-bond acceptors (Lipinski definition) is 7. The van der Waals surface area contributed by atoms with Gasteiger partial charge in [-0.1, -0.05) is 42.1 Å². The Morgan fingerprint density at radius 1 is 0.926 bits per heavy atom. The number of nitrogens with zero attached hydrogens (tertiary/aromatic N) is 2. The molecule has 4 aromatic rings. The van der Waals surface area contributed by atoms with Crippen molar-refractivity contribution in [3.63, 3.8) is 0 Å².